The molecule has 0 fully saturated rings. The quantitative estimate of drug-likeness (QED) is 0.137. The average molecular weight is 597 g/mol. The molecule has 4 nitrogen and oxygen atoms in total. The van der Waals surface area contributed by atoms with Crippen LogP contribution in [-0.2, 0) is 42.4 Å². The van der Waals surface area contributed by atoms with Gasteiger partial charge in [-0.25, -0.2) is 0 Å². The van der Waals surface area contributed by atoms with Crippen LogP contribution in [0.5, 0.6) is 0 Å². The molecule has 0 saturated carbocycles. The van der Waals surface area contributed by atoms with E-state index in [4.69, 9.17) is 10.2 Å². The standard InChI is InChI=1S/2C13H9.2C5H10O2.CH2.Ti/c2*1-3-7-12-10(5-1)9-11-6-2-4-8-13(11)12;2*1-5(2,3)4(6)7;;/h2*1-5,7-8H,9H2;2*1-3H3,(H,6,7);1H2;/q2*-1;;;;+2. The maximum atomic E-state index is 10.0. The van der Waals surface area contributed by atoms with E-state index in [1.54, 1.807) is 61.5 Å². The van der Waals surface area contributed by atoms with E-state index >= 15 is 0 Å². The number of aliphatic carboxylic acids is 2. The third-order valence-electron chi connectivity index (χ3n) is 6.52. The van der Waals surface area contributed by atoms with E-state index in [9.17, 15) is 9.59 Å². The first kappa shape index (κ1) is 34.6. The number of rotatable bonds is 0. The van der Waals surface area contributed by atoms with Gasteiger partial charge < -0.3 is 10.2 Å². The molecule has 0 bridgehead atoms. The van der Waals surface area contributed by atoms with Crippen molar-refractivity contribution >= 4 is 16.8 Å². The summed E-state index contributed by atoms with van der Waals surface area (Å²) in [5.74, 6) is -1.51. The van der Waals surface area contributed by atoms with Gasteiger partial charge in [-0.2, -0.15) is 59.7 Å². The molecule has 0 radical (unpaired) electrons. The summed E-state index contributed by atoms with van der Waals surface area (Å²) in [7, 11) is 0. The normalized spacial score (nSPS) is 11.5. The second kappa shape index (κ2) is 15.6. The molecule has 4 aromatic rings. The van der Waals surface area contributed by atoms with Gasteiger partial charge in [0.1, 0.15) is 0 Å². The Bertz CT molecular complexity index is 1290. The number of hydrogen-bond acceptors (Lipinski definition) is 2. The predicted molar refractivity (Wildman–Crippen MR) is 168 cm³/mol. The van der Waals surface area contributed by atoms with Crippen molar-refractivity contribution in [3.05, 3.63) is 119 Å². The van der Waals surface area contributed by atoms with Crippen LogP contribution in [0.3, 0.4) is 0 Å². The summed E-state index contributed by atoms with van der Waals surface area (Å²) in [6.45, 7) is 9.97. The van der Waals surface area contributed by atoms with Gasteiger partial charge in [0.2, 0.25) is 0 Å². The Kier molecular flexibility index (Phi) is 12.8. The molecule has 4 aromatic carbocycles. The Balaban J connectivity index is 0.000000201. The molecule has 0 amide bonds. The van der Waals surface area contributed by atoms with Crippen LogP contribution in [0, 0.1) is 23.0 Å². The number of carboxylic acids is 2. The van der Waals surface area contributed by atoms with Gasteiger partial charge in [-0.05, 0) is 54.4 Å². The van der Waals surface area contributed by atoms with Crippen molar-refractivity contribution in [1.29, 1.82) is 0 Å². The van der Waals surface area contributed by atoms with E-state index < -0.39 is 22.8 Å². The summed E-state index contributed by atoms with van der Waals surface area (Å²) in [6.07, 6.45) is 2.10. The Labute approximate surface area is 262 Å². The molecule has 6 rings (SSSR count). The molecule has 5 heteroatoms. The minimum atomic E-state index is -0.757. The van der Waals surface area contributed by atoms with Gasteiger partial charge in [0.15, 0.2) is 0 Å². The van der Waals surface area contributed by atoms with Crippen molar-refractivity contribution in [1.82, 2.24) is 0 Å². The van der Waals surface area contributed by atoms with Crippen LogP contribution < -0.4 is 0 Å². The molecule has 0 aliphatic heterocycles. The summed E-state index contributed by atoms with van der Waals surface area (Å²) < 4.78 is 0. The Morgan fingerprint density at radius 2 is 0.881 bits per heavy atom. The SMILES string of the molecule is CC(C)(C)C(=O)O.CC(C)(C)C(=O)O.[CH2]=[Ti+2].[c-]1cccc2c1Cc1ccccc1-2.[c-]1cccc2c1Cc1ccccc1-2. The van der Waals surface area contributed by atoms with Crippen LogP contribution in [-0.4, -0.2) is 27.0 Å². The fourth-order valence-electron chi connectivity index (χ4n) is 4.00. The Morgan fingerprint density at radius 3 is 1.19 bits per heavy atom. The van der Waals surface area contributed by atoms with E-state index in [-0.39, 0.29) is 0 Å². The zero-order valence-corrected chi connectivity index (χ0v) is 27.0. The van der Waals surface area contributed by atoms with Crippen LogP contribution in [0.4, 0.5) is 0 Å². The molecule has 0 aromatic heterocycles. The van der Waals surface area contributed by atoms with Crippen molar-refractivity contribution in [3.63, 3.8) is 0 Å². The van der Waals surface area contributed by atoms with Crippen molar-refractivity contribution in [2.75, 3.05) is 0 Å². The van der Waals surface area contributed by atoms with E-state index in [0.717, 1.165) is 12.8 Å². The average Bonchev–Trinajstić information content (AvgIpc) is 3.53. The predicted octanol–water partition coefficient (Wildman–Crippen LogP) is 8.32. The second-order valence-electron chi connectivity index (χ2n) is 11.9. The molecule has 0 unspecified atom stereocenters. The molecule has 2 aliphatic rings. The molecule has 2 aliphatic carbocycles. The molecule has 0 spiro atoms. The number of hydrogen-bond donors (Lipinski definition) is 2. The third-order valence-corrected chi connectivity index (χ3v) is 6.52. The van der Waals surface area contributed by atoms with Gasteiger partial charge in [-0.15, -0.1) is 11.1 Å². The monoisotopic (exact) mass is 596 g/mol. The summed E-state index contributed by atoms with van der Waals surface area (Å²) in [5.41, 5.74) is 9.85. The third kappa shape index (κ3) is 9.75. The number of carbonyl (C=O) groups is 2. The van der Waals surface area contributed by atoms with E-state index in [1.165, 1.54) is 44.5 Å². The van der Waals surface area contributed by atoms with Crippen LogP contribution in [0.15, 0.2) is 84.9 Å². The molecule has 2 N–H and O–H groups in total. The summed E-state index contributed by atoms with van der Waals surface area (Å²) in [5, 5.41) is 16.5. The van der Waals surface area contributed by atoms with Crippen LogP contribution >= 0.6 is 0 Å². The van der Waals surface area contributed by atoms with Gasteiger partial charge in [0.25, 0.3) is 0 Å². The number of carboxylic acid groups (broad SMARTS) is 2. The van der Waals surface area contributed by atoms with Crippen LogP contribution in [0.25, 0.3) is 22.3 Å². The van der Waals surface area contributed by atoms with Gasteiger partial charge in [-0.3, -0.25) is 9.59 Å². The molecule has 216 valence electrons. The van der Waals surface area contributed by atoms with Crippen molar-refractivity contribution < 1.29 is 39.8 Å². The molecule has 0 saturated heterocycles. The molecular formula is C37H40O4Ti. The summed E-state index contributed by atoms with van der Waals surface area (Å²) in [6, 6.07) is 36.2. The van der Waals surface area contributed by atoms with Gasteiger partial charge in [0, 0.05) is 0 Å². The van der Waals surface area contributed by atoms with E-state index in [0.29, 0.717) is 0 Å². The summed E-state index contributed by atoms with van der Waals surface area (Å²) >= 11 is 1.75. The van der Waals surface area contributed by atoms with Crippen LogP contribution in [0.1, 0.15) is 63.8 Å². The first-order chi connectivity index (χ1) is 19.8. The Hall–Kier alpha value is -3.60. The van der Waals surface area contributed by atoms with E-state index in [1.807, 2.05) is 12.1 Å². The van der Waals surface area contributed by atoms with Crippen LogP contribution in [0.2, 0.25) is 0 Å². The largest absolute Gasteiger partial charge is 0.179 e. The summed E-state index contributed by atoms with van der Waals surface area (Å²) in [4.78, 5) is 23.3. The maximum Gasteiger partial charge on any atom is -0.0253 e. The smallest absolute Gasteiger partial charge is 0.0253 e. The molecule has 0 heterocycles. The van der Waals surface area contributed by atoms with Gasteiger partial charge >= 0.3 is 36.7 Å². The fraction of sp³-hybridized carbons (Fsp3) is 0.270. The first-order valence-electron chi connectivity index (χ1n) is 13.8. The molecular weight excluding hydrogens is 556 g/mol. The minimum Gasteiger partial charge on any atom is -0.179 e. The zero-order chi connectivity index (χ0) is 31.5. The molecule has 42 heavy (non-hydrogen) atoms. The van der Waals surface area contributed by atoms with Gasteiger partial charge in [-0.1, -0.05) is 70.8 Å². The van der Waals surface area contributed by atoms with E-state index in [2.05, 4.69) is 89.7 Å². The van der Waals surface area contributed by atoms with Crippen molar-refractivity contribution in [2.24, 2.45) is 10.8 Å². The van der Waals surface area contributed by atoms with Crippen molar-refractivity contribution in [2.45, 2.75) is 54.4 Å². The topological polar surface area (TPSA) is 74.6 Å². The molecule has 0 atom stereocenters. The Morgan fingerprint density at radius 1 is 0.595 bits per heavy atom. The fourth-order valence-corrected chi connectivity index (χ4v) is 4.00. The number of benzene rings is 4. The van der Waals surface area contributed by atoms with Gasteiger partial charge in [0.05, 0.1) is 10.8 Å². The first-order valence-corrected chi connectivity index (χ1v) is 14.9. The second-order valence-corrected chi connectivity index (χ2v) is 11.9. The van der Waals surface area contributed by atoms with Crippen molar-refractivity contribution in [3.8, 4) is 22.3 Å². The maximum absolute atomic E-state index is 10.0. The number of fused-ring (bicyclic) bond motifs is 6. The zero-order valence-electron chi connectivity index (χ0n) is 25.4. The minimum absolute atomic E-state index is 0.583.